The highest BCUT2D eigenvalue weighted by molar-refractivity contribution is 5.94. The van der Waals surface area contributed by atoms with Crippen LogP contribution in [0.25, 0.3) is 22.6 Å². The number of aliphatic carboxylic acids is 1. The fourth-order valence-electron chi connectivity index (χ4n) is 5.78. The minimum atomic E-state index is -1.34. The van der Waals surface area contributed by atoms with Crippen LogP contribution < -0.4 is 0 Å². The summed E-state index contributed by atoms with van der Waals surface area (Å²) in [5.41, 5.74) is 3.50. The number of halogens is 2. The highest BCUT2D eigenvalue weighted by Gasteiger charge is 2.44. The first kappa shape index (κ1) is 28.1. The number of amides is 1. The first-order valence-electron chi connectivity index (χ1n) is 13.8. The number of carboxylic acid groups (broad SMARTS) is 1. The summed E-state index contributed by atoms with van der Waals surface area (Å²) in [6.07, 6.45) is 2.09. The molecule has 1 aliphatic heterocycles. The van der Waals surface area contributed by atoms with Crippen molar-refractivity contribution in [2.45, 2.75) is 38.4 Å². The lowest BCUT2D eigenvalue weighted by Crippen LogP contribution is -2.40. The monoisotopic (exact) mass is 582 g/mol. The number of nitrogens with zero attached hydrogens (tertiary/aromatic N) is 6. The van der Waals surface area contributed by atoms with Crippen molar-refractivity contribution < 1.29 is 23.5 Å². The van der Waals surface area contributed by atoms with Crippen LogP contribution in [0, 0.1) is 11.7 Å². The molecule has 1 N–H and O–H groups in total. The number of hydrogen-bond donors (Lipinski definition) is 1. The van der Waals surface area contributed by atoms with E-state index >= 15 is 8.78 Å². The summed E-state index contributed by atoms with van der Waals surface area (Å²) in [4.78, 5) is 39.2. The number of benzene rings is 2. The Morgan fingerprint density at radius 2 is 1.91 bits per heavy atom. The van der Waals surface area contributed by atoms with Crippen molar-refractivity contribution in [2.24, 2.45) is 15.9 Å². The molecule has 9 nitrogen and oxygen atoms in total. The van der Waals surface area contributed by atoms with E-state index in [9.17, 15) is 14.7 Å². The fraction of sp³-hybridized carbons (Fsp3) is 0.250. The minimum absolute atomic E-state index is 0.0535. The number of aromatic nitrogens is 3. The van der Waals surface area contributed by atoms with Crippen LogP contribution in [0.5, 0.6) is 0 Å². The Morgan fingerprint density at radius 1 is 1.14 bits per heavy atom. The number of carbonyl (C=O) groups is 2. The van der Waals surface area contributed by atoms with E-state index in [2.05, 4.69) is 26.8 Å². The molecule has 1 aliphatic carbocycles. The number of fused-ring (bicyclic) bond motifs is 2. The molecule has 2 aliphatic rings. The lowest BCUT2D eigenvalue weighted by atomic mass is 9.92. The van der Waals surface area contributed by atoms with Gasteiger partial charge in [0.1, 0.15) is 24.0 Å². The van der Waals surface area contributed by atoms with Gasteiger partial charge < -0.3 is 10.0 Å². The molecule has 0 saturated heterocycles. The van der Waals surface area contributed by atoms with E-state index in [1.54, 1.807) is 43.3 Å². The normalized spacial score (nSPS) is 21.7. The average Bonchev–Trinajstić information content (AvgIpc) is 3.71. The van der Waals surface area contributed by atoms with Crippen molar-refractivity contribution in [2.75, 3.05) is 6.54 Å². The summed E-state index contributed by atoms with van der Waals surface area (Å²) >= 11 is 0. The highest BCUT2D eigenvalue weighted by atomic mass is 19.1. The molecular formula is C32H28F2N6O3. The Kier molecular flexibility index (Phi) is 7.17. The van der Waals surface area contributed by atoms with Crippen LogP contribution in [0.15, 0.2) is 70.7 Å². The molecule has 218 valence electrons. The molecular weight excluding hydrogens is 554 g/mol. The minimum Gasteiger partial charge on any atom is -0.481 e. The SMILES string of the molecule is C=N/C=N\C(=C/C)c1cc(C(=O)N2CC(F)c3ccccc3[C@H]2C)nc2cc(-c3ccc([C@H]4C[C@@H]4C(=O)O)cc3F)nn12. The Bertz CT molecular complexity index is 1850. The molecule has 1 unspecified atom stereocenters. The Morgan fingerprint density at radius 3 is 2.58 bits per heavy atom. The standard InChI is InChI=1S/C32H28F2N6O3/c1-4-26(36-16-35-3)29-13-28(31(41)39-15-25(34)20-8-6-5-7-19(20)17(39)2)37-30-14-27(38-40(29)30)21-10-9-18(11-24(21)33)22-12-23(22)32(42)43/h4-11,13-14,16-17,22-23,25H,3,12,15H2,1-2H3,(H,42,43)/b26-4-,36-16-/t17-,22-,23+,25?/m1/s1. The summed E-state index contributed by atoms with van der Waals surface area (Å²) in [6, 6.07) is 14.5. The van der Waals surface area contributed by atoms with Crippen molar-refractivity contribution in [3.63, 3.8) is 0 Å². The number of carboxylic acids is 1. The Labute approximate surface area is 245 Å². The fourth-order valence-corrected chi connectivity index (χ4v) is 5.78. The van der Waals surface area contributed by atoms with Crippen LogP contribution in [0.4, 0.5) is 8.78 Å². The second-order valence-electron chi connectivity index (χ2n) is 10.7. The first-order chi connectivity index (χ1) is 20.7. The van der Waals surface area contributed by atoms with E-state index in [1.807, 2.05) is 19.1 Å². The van der Waals surface area contributed by atoms with Crippen molar-refractivity contribution in [3.8, 4) is 11.3 Å². The lowest BCUT2D eigenvalue weighted by Gasteiger charge is -2.36. The topological polar surface area (TPSA) is 113 Å². The smallest absolute Gasteiger partial charge is 0.307 e. The molecule has 2 aromatic carbocycles. The maximum atomic E-state index is 15.4. The molecule has 4 atom stereocenters. The van der Waals surface area contributed by atoms with Crippen molar-refractivity contribution in [1.82, 2.24) is 19.5 Å². The molecule has 0 bridgehead atoms. The van der Waals surface area contributed by atoms with Crippen molar-refractivity contribution >= 4 is 36.3 Å². The van der Waals surface area contributed by atoms with Crippen LogP contribution in [0.1, 0.15) is 71.3 Å². The van der Waals surface area contributed by atoms with Crippen LogP contribution in [0.2, 0.25) is 0 Å². The first-order valence-corrected chi connectivity index (χ1v) is 13.8. The number of hydrogen-bond acceptors (Lipinski definition) is 5. The van der Waals surface area contributed by atoms with E-state index in [4.69, 9.17) is 0 Å². The molecule has 0 spiro atoms. The molecule has 1 fully saturated rings. The third-order valence-corrected chi connectivity index (χ3v) is 8.13. The van der Waals surface area contributed by atoms with Gasteiger partial charge in [-0.05, 0) is 67.8 Å². The van der Waals surface area contributed by atoms with Crippen LogP contribution in [-0.4, -0.2) is 56.1 Å². The summed E-state index contributed by atoms with van der Waals surface area (Å²) in [6.45, 7) is 6.90. The predicted molar refractivity (Wildman–Crippen MR) is 158 cm³/mol. The molecule has 2 aromatic heterocycles. The highest BCUT2D eigenvalue weighted by Crippen LogP contribution is 2.48. The van der Waals surface area contributed by atoms with E-state index in [0.717, 1.165) is 5.56 Å². The molecule has 4 aromatic rings. The zero-order valence-electron chi connectivity index (χ0n) is 23.5. The maximum absolute atomic E-state index is 15.4. The van der Waals surface area contributed by atoms with Gasteiger partial charge in [0.2, 0.25) is 0 Å². The molecule has 43 heavy (non-hydrogen) atoms. The van der Waals surface area contributed by atoms with Crippen molar-refractivity contribution in [1.29, 1.82) is 0 Å². The van der Waals surface area contributed by atoms with Gasteiger partial charge in [-0.2, -0.15) is 5.10 Å². The number of alkyl halides is 1. The van der Waals surface area contributed by atoms with Gasteiger partial charge in [-0.1, -0.05) is 36.4 Å². The van der Waals surface area contributed by atoms with Crippen LogP contribution in [0.3, 0.4) is 0 Å². The van der Waals surface area contributed by atoms with Gasteiger partial charge in [0.05, 0.1) is 35.6 Å². The Balaban J connectivity index is 1.42. The van der Waals surface area contributed by atoms with Crippen molar-refractivity contribution in [3.05, 3.63) is 94.6 Å². The molecule has 11 heteroatoms. The third-order valence-electron chi connectivity index (χ3n) is 8.13. The molecule has 1 amide bonds. The van der Waals surface area contributed by atoms with Gasteiger partial charge in [0.15, 0.2) is 5.65 Å². The number of rotatable bonds is 7. The van der Waals surface area contributed by atoms with Gasteiger partial charge in [-0.15, -0.1) is 0 Å². The quantitative estimate of drug-likeness (QED) is 0.211. The summed E-state index contributed by atoms with van der Waals surface area (Å²) in [5, 5.41) is 13.8. The number of aliphatic imine (C=N–C) groups is 2. The lowest BCUT2D eigenvalue weighted by molar-refractivity contribution is -0.138. The zero-order chi connectivity index (χ0) is 30.4. The summed E-state index contributed by atoms with van der Waals surface area (Å²) < 4.78 is 32.0. The number of allylic oxidation sites excluding steroid dienone is 1. The van der Waals surface area contributed by atoms with Gasteiger partial charge in [-0.3, -0.25) is 14.6 Å². The second-order valence-corrected chi connectivity index (χ2v) is 10.7. The van der Waals surface area contributed by atoms with Gasteiger partial charge in [-0.25, -0.2) is 23.3 Å². The van der Waals surface area contributed by atoms with E-state index < -0.39 is 29.8 Å². The number of carbonyl (C=O) groups excluding carboxylic acids is 1. The zero-order valence-corrected chi connectivity index (χ0v) is 23.5. The second kappa shape index (κ2) is 11.0. The van der Waals surface area contributed by atoms with E-state index in [1.165, 1.54) is 27.9 Å². The summed E-state index contributed by atoms with van der Waals surface area (Å²) in [5.74, 6) is -2.63. The van der Waals surface area contributed by atoms with Crippen LogP contribution >= 0.6 is 0 Å². The van der Waals surface area contributed by atoms with Gasteiger partial charge >= 0.3 is 5.97 Å². The average molecular weight is 583 g/mol. The Hall–Kier alpha value is -5.06. The largest absolute Gasteiger partial charge is 0.481 e. The molecule has 0 radical (unpaired) electrons. The van der Waals surface area contributed by atoms with Gasteiger partial charge in [0.25, 0.3) is 5.91 Å². The molecule has 3 heterocycles. The molecule has 1 saturated carbocycles. The van der Waals surface area contributed by atoms with Crippen LogP contribution in [-0.2, 0) is 4.79 Å². The third kappa shape index (κ3) is 5.00. The van der Waals surface area contributed by atoms with E-state index in [-0.39, 0.29) is 41.1 Å². The summed E-state index contributed by atoms with van der Waals surface area (Å²) in [7, 11) is 0. The van der Waals surface area contributed by atoms with E-state index in [0.29, 0.717) is 28.9 Å². The maximum Gasteiger partial charge on any atom is 0.307 e. The molecule has 6 rings (SSSR count). The predicted octanol–water partition coefficient (Wildman–Crippen LogP) is 6.04. The van der Waals surface area contributed by atoms with Gasteiger partial charge in [0, 0.05) is 11.6 Å².